The van der Waals surface area contributed by atoms with Crippen LogP contribution in [0.1, 0.15) is 5.69 Å². The van der Waals surface area contributed by atoms with E-state index in [0.29, 0.717) is 10.5 Å². The van der Waals surface area contributed by atoms with Crippen molar-refractivity contribution in [1.82, 2.24) is 15.2 Å². The molecular formula is C16H18N6O6S3. The number of carbonyl (C=O) groups excluding carboxylic acids is 2. The van der Waals surface area contributed by atoms with Crippen molar-refractivity contribution < 1.29 is 29.8 Å². The maximum absolute atomic E-state index is 12.7. The van der Waals surface area contributed by atoms with Crippen LogP contribution >= 0.6 is 34.9 Å². The molecule has 0 radical (unpaired) electrons. The molecule has 12 nitrogen and oxygen atoms in total. The third-order valence-corrected chi connectivity index (χ3v) is 7.55. The number of thioether (sulfide) groups is 2. The van der Waals surface area contributed by atoms with Gasteiger partial charge in [0, 0.05) is 22.6 Å². The average molecular weight is 487 g/mol. The van der Waals surface area contributed by atoms with E-state index in [9.17, 15) is 29.8 Å². The molecule has 0 saturated carbocycles. The summed E-state index contributed by atoms with van der Waals surface area (Å²) in [5.74, 6) is -2.46. The summed E-state index contributed by atoms with van der Waals surface area (Å²) >= 11 is 3.40. The number of amides is 2. The predicted molar refractivity (Wildman–Crippen MR) is 116 cm³/mol. The zero-order chi connectivity index (χ0) is 22.7. The van der Waals surface area contributed by atoms with Gasteiger partial charge < -0.3 is 32.2 Å². The number of nitrogens with two attached hydrogens (primary N) is 2. The molecule has 2 aliphatic rings. The van der Waals surface area contributed by atoms with Gasteiger partial charge in [-0.15, -0.1) is 23.1 Å². The first-order chi connectivity index (χ1) is 14.8. The second kappa shape index (κ2) is 9.69. The zero-order valence-corrected chi connectivity index (χ0v) is 18.2. The number of hydrogen-bond acceptors (Lipinski definition) is 12. The van der Waals surface area contributed by atoms with E-state index in [1.54, 1.807) is 5.41 Å². The Hall–Kier alpha value is -2.59. The Labute approximate surface area is 188 Å². The van der Waals surface area contributed by atoms with Gasteiger partial charge in [-0.2, -0.15) is 0 Å². The number of carboxylic acids is 1. The van der Waals surface area contributed by atoms with Crippen LogP contribution in [-0.2, 0) is 14.4 Å². The van der Waals surface area contributed by atoms with Crippen LogP contribution in [0.15, 0.2) is 32.1 Å². The lowest BCUT2D eigenvalue weighted by atomic mass is 10.0. The monoisotopic (exact) mass is 486 g/mol. The highest BCUT2D eigenvalue weighted by molar-refractivity contribution is 8.08. The van der Waals surface area contributed by atoms with E-state index in [2.05, 4.69) is 15.5 Å². The second-order valence-electron chi connectivity index (χ2n) is 6.21. The fourth-order valence-electron chi connectivity index (χ4n) is 2.80. The molecule has 8 N–H and O–H groups in total. The summed E-state index contributed by atoms with van der Waals surface area (Å²) in [5.41, 5.74) is 11.0. The fourth-order valence-corrected chi connectivity index (χ4v) is 5.80. The van der Waals surface area contributed by atoms with Gasteiger partial charge in [-0.1, -0.05) is 16.9 Å². The third kappa shape index (κ3) is 4.54. The quantitative estimate of drug-likeness (QED) is 0.116. The number of aliphatic hydroxyl groups is 1. The molecule has 1 unspecified atom stereocenters. The lowest BCUT2D eigenvalue weighted by Crippen LogP contribution is -2.71. The van der Waals surface area contributed by atoms with Gasteiger partial charge in [-0.25, -0.2) is 9.78 Å². The minimum Gasteiger partial charge on any atom is -0.477 e. The number of thiazole rings is 1. The Bertz CT molecular complexity index is 1000. The fraction of sp³-hybridized carbons (Fsp3) is 0.312. The standard InChI is InChI=1S/C16H18N6O6S3/c17-1-6(2-23)3-29-8-5-30-14-10(13(25)22(14)11(8)15(26)27)20-12(24)9(21-28)7-4-31-16(18)19-7/h3-4,10,14,23,28H,1-2,5,17H2,(H2,18,19)(H,20,24)(H,26,27)/b6-3-,21-9-/t10?,14-/m1/s1. The lowest BCUT2D eigenvalue weighted by Gasteiger charge is -2.49. The normalized spacial score (nSPS) is 21.6. The van der Waals surface area contributed by atoms with Crippen LogP contribution in [0.2, 0.25) is 0 Å². The zero-order valence-electron chi connectivity index (χ0n) is 15.7. The van der Waals surface area contributed by atoms with Crippen molar-refractivity contribution in [3.05, 3.63) is 32.7 Å². The SMILES string of the molecule is NC/C(=C/SC1=C(C(=O)O)N2C(=O)C(NC(=O)/C(=N\O)c3csc(N)n3)[C@H]2SC1)CO. The molecule has 0 aliphatic carbocycles. The predicted octanol–water partition coefficient (Wildman–Crippen LogP) is -0.832. The molecule has 166 valence electrons. The number of anilines is 1. The Morgan fingerprint density at radius 1 is 1.48 bits per heavy atom. The molecule has 2 atom stereocenters. The molecule has 0 aromatic carbocycles. The van der Waals surface area contributed by atoms with Crippen molar-refractivity contribution in [3.8, 4) is 0 Å². The molecule has 0 bridgehead atoms. The number of carbonyl (C=O) groups is 3. The van der Waals surface area contributed by atoms with Gasteiger partial charge in [0.1, 0.15) is 22.8 Å². The Kier molecular flexibility index (Phi) is 7.22. The summed E-state index contributed by atoms with van der Waals surface area (Å²) in [6.07, 6.45) is 0. The van der Waals surface area contributed by atoms with Gasteiger partial charge in [0.25, 0.3) is 11.8 Å². The molecule has 15 heteroatoms. The molecule has 3 rings (SSSR count). The minimum atomic E-state index is -1.28. The largest absolute Gasteiger partial charge is 0.477 e. The van der Waals surface area contributed by atoms with Crippen LogP contribution in [0, 0.1) is 0 Å². The van der Waals surface area contributed by atoms with E-state index >= 15 is 0 Å². The summed E-state index contributed by atoms with van der Waals surface area (Å²) < 4.78 is 0. The van der Waals surface area contributed by atoms with Gasteiger partial charge in [0.15, 0.2) is 10.8 Å². The topological polar surface area (TPSA) is 204 Å². The molecule has 0 spiro atoms. The first kappa shape index (κ1) is 23.1. The number of β-lactam (4-membered cyclic amide) rings is 1. The highest BCUT2D eigenvalue weighted by Crippen LogP contribution is 2.43. The summed E-state index contributed by atoms with van der Waals surface area (Å²) in [6, 6.07) is -1.00. The smallest absolute Gasteiger partial charge is 0.353 e. The number of aliphatic hydroxyl groups excluding tert-OH is 1. The summed E-state index contributed by atoms with van der Waals surface area (Å²) in [4.78, 5) is 42.4. The number of oxime groups is 1. The molecule has 31 heavy (non-hydrogen) atoms. The van der Waals surface area contributed by atoms with Crippen molar-refractivity contribution in [1.29, 1.82) is 0 Å². The first-order valence-corrected chi connectivity index (χ1v) is 11.4. The molecule has 2 amide bonds. The van der Waals surface area contributed by atoms with E-state index in [-0.39, 0.29) is 35.4 Å². The van der Waals surface area contributed by atoms with Crippen LogP contribution in [0.5, 0.6) is 0 Å². The number of nitrogens with zero attached hydrogens (tertiary/aromatic N) is 3. The summed E-state index contributed by atoms with van der Waals surface area (Å²) in [6.45, 7) is -0.143. The number of nitrogen functional groups attached to an aromatic ring is 1. The number of nitrogens with one attached hydrogen (secondary N) is 1. The van der Waals surface area contributed by atoms with E-state index in [4.69, 9.17) is 11.5 Å². The number of aliphatic carboxylic acids is 1. The van der Waals surface area contributed by atoms with Crippen molar-refractivity contribution in [2.75, 3.05) is 24.6 Å². The van der Waals surface area contributed by atoms with Crippen LogP contribution in [0.25, 0.3) is 0 Å². The number of aromatic nitrogens is 1. The molecule has 1 saturated heterocycles. The Morgan fingerprint density at radius 3 is 2.77 bits per heavy atom. The molecule has 3 heterocycles. The van der Waals surface area contributed by atoms with Gasteiger partial charge in [0.05, 0.1) is 6.61 Å². The Balaban J connectivity index is 1.77. The van der Waals surface area contributed by atoms with E-state index in [0.717, 1.165) is 28.0 Å². The molecule has 1 fully saturated rings. The highest BCUT2D eigenvalue weighted by Gasteiger charge is 2.54. The van der Waals surface area contributed by atoms with E-state index in [1.807, 2.05) is 0 Å². The van der Waals surface area contributed by atoms with Gasteiger partial charge >= 0.3 is 5.97 Å². The number of carboxylic acid groups (broad SMARTS) is 1. The van der Waals surface area contributed by atoms with Crippen LogP contribution in [0.4, 0.5) is 5.13 Å². The Morgan fingerprint density at radius 2 is 2.23 bits per heavy atom. The number of rotatable bonds is 8. The van der Waals surface area contributed by atoms with E-state index in [1.165, 1.54) is 17.1 Å². The minimum absolute atomic E-state index is 0.0543. The molecule has 1 aromatic heterocycles. The lowest BCUT2D eigenvalue weighted by molar-refractivity contribution is -0.150. The maximum Gasteiger partial charge on any atom is 0.353 e. The third-order valence-electron chi connectivity index (χ3n) is 4.34. The van der Waals surface area contributed by atoms with Crippen LogP contribution < -0.4 is 16.8 Å². The van der Waals surface area contributed by atoms with Crippen molar-refractivity contribution >= 4 is 63.5 Å². The van der Waals surface area contributed by atoms with Gasteiger partial charge in [-0.3, -0.25) is 14.5 Å². The first-order valence-electron chi connectivity index (χ1n) is 8.63. The van der Waals surface area contributed by atoms with Crippen LogP contribution in [-0.4, -0.2) is 79.1 Å². The number of hydrogen-bond donors (Lipinski definition) is 6. The maximum atomic E-state index is 12.7. The van der Waals surface area contributed by atoms with Crippen molar-refractivity contribution in [2.45, 2.75) is 11.4 Å². The van der Waals surface area contributed by atoms with Crippen LogP contribution in [0.3, 0.4) is 0 Å². The molecular weight excluding hydrogens is 468 g/mol. The average Bonchev–Trinajstić information content (AvgIpc) is 3.18. The van der Waals surface area contributed by atoms with Gasteiger partial charge in [-0.05, 0) is 11.0 Å². The van der Waals surface area contributed by atoms with Crippen molar-refractivity contribution in [3.63, 3.8) is 0 Å². The second-order valence-corrected chi connectivity index (χ2v) is 9.17. The van der Waals surface area contributed by atoms with Crippen molar-refractivity contribution in [2.24, 2.45) is 10.9 Å². The van der Waals surface area contributed by atoms with E-state index < -0.39 is 34.9 Å². The van der Waals surface area contributed by atoms with Gasteiger partial charge in [0.2, 0.25) is 0 Å². The molecule has 2 aliphatic heterocycles. The highest BCUT2D eigenvalue weighted by atomic mass is 32.2. The summed E-state index contributed by atoms with van der Waals surface area (Å²) in [5, 5.41) is 36.0. The summed E-state index contributed by atoms with van der Waals surface area (Å²) in [7, 11) is 0. The number of fused-ring (bicyclic) bond motifs is 1. The molecule has 1 aromatic rings.